The van der Waals surface area contributed by atoms with Crippen molar-refractivity contribution in [3.8, 4) is 11.3 Å². The predicted octanol–water partition coefficient (Wildman–Crippen LogP) is 2.80. The van der Waals surface area contributed by atoms with Crippen molar-refractivity contribution in [3.63, 3.8) is 0 Å². The standard InChI is InChI=1S/C16H19N3O2/c17-14-6-2-3-11(14)8-16(20)19-13-5-1-4-12(7-13)15-9-18-10-21-15/h1,4-5,7,9-11,14H,2-3,6,8,17H2,(H,19,20)/t11-,14+/m0/s1. The van der Waals surface area contributed by atoms with Gasteiger partial charge in [-0.05, 0) is 30.9 Å². The van der Waals surface area contributed by atoms with Gasteiger partial charge in [0.1, 0.15) is 0 Å². The molecule has 3 N–H and O–H groups in total. The molecule has 1 aromatic heterocycles. The first-order valence-corrected chi connectivity index (χ1v) is 7.27. The van der Waals surface area contributed by atoms with Gasteiger partial charge in [-0.2, -0.15) is 0 Å². The minimum Gasteiger partial charge on any atom is -0.444 e. The van der Waals surface area contributed by atoms with Gasteiger partial charge >= 0.3 is 0 Å². The Hall–Kier alpha value is -2.14. The highest BCUT2D eigenvalue weighted by molar-refractivity contribution is 5.91. The van der Waals surface area contributed by atoms with E-state index in [1.807, 2.05) is 24.3 Å². The summed E-state index contributed by atoms with van der Waals surface area (Å²) in [7, 11) is 0. The van der Waals surface area contributed by atoms with Crippen molar-refractivity contribution >= 4 is 11.6 Å². The molecule has 1 amide bonds. The topological polar surface area (TPSA) is 81.2 Å². The molecule has 1 aromatic carbocycles. The minimum atomic E-state index is 0.0204. The number of aromatic nitrogens is 1. The van der Waals surface area contributed by atoms with Gasteiger partial charge in [0.25, 0.3) is 0 Å². The number of hydrogen-bond donors (Lipinski definition) is 2. The highest BCUT2D eigenvalue weighted by Crippen LogP contribution is 2.27. The van der Waals surface area contributed by atoms with Gasteiger partial charge in [-0.15, -0.1) is 0 Å². The van der Waals surface area contributed by atoms with Gasteiger partial charge in [0.2, 0.25) is 5.91 Å². The predicted molar refractivity (Wildman–Crippen MR) is 80.5 cm³/mol. The Balaban J connectivity index is 1.65. The quantitative estimate of drug-likeness (QED) is 0.905. The van der Waals surface area contributed by atoms with E-state index in [0.29, 0.717) is 18.1 Å². The number of nitrogens with zero attached hydrogens (tertiary/aromatic N) is 1. The van der Waals surface area contributed by atoms with Crippen molar-refractivity contribution < 1.29 is 9.21 Å². The van der Waals surface area contributed by atoms with Crippen molar-refractivity contribution in [1.82, 2.24) is 4.98 Å². The fraction of sp³-hybridized carbons (Fsp3) is 0.375. The Morgan fingerprint density at radius 3 is 3.05 bits per heavy atom. The summed E-state index contributed by atoms with van der Waals surface area (Å²) in [6.07, 6.45) is 6.74. The molecule has 0 radical (unpaired) electrons. The molecule has 0 unspecified atom stereocenters. The monoisotopic (exact) mass is 285 g/mol. The maximum atomic E-state index is 12.1. The Kier molecular flexibility index (Phi) is 4.01. The summed E-state index contributed by atoms with van der Waals surface area (Å²) >= 11 is 0. The number of rotatable bonds is 4. The SMILES string of the molecule is N[C@@H]1CCC[C@H]1CC(=O)Nc1cccc(-c2cnco2)c1. The van der Waals surface area contributed by atoms with Crippen molar-refractivity contribution in [2.45, 2.75) is 31.7 Å². The van der Waals surface area contributed by atoms with Crippen LogP contribution in [0.4, 0.5) is 5.69 Å². The van der Waals surface area contributed by atoms with Crippen LogP contribution in [0, 0.1) is 5.92 Å². The first-order valence-electron chi connectivity index (χ1n) is 7.27. The minimum absolute atomic E-state index is 0.0204. The molecule has 0 spiro atoms. The lowest BCUT2D eigenvalue weighted by molar-refractivity contribution is -0.117. The lowest BCUT2D eigenvalue weighted by atomic mass is 10.00. The molecule has 1 heterocycles. The van der Waals surface area contributed by atoms with Gasteiger partial charge < -0.3 is 15.5 Å². The van der Waals surface area contributed by atoms with E-state index in [4.69, 9.17) is 10.2 Å². The molecule has 21 heavy (non-hydrogen) atoms. The number of nitrogens with one attached hydrogen (secondary N) is 1. The van der Waals surface area contributed by atoms with Crippen LogP contribution in [0.25, 0.3) is 11.3 Å². The number of oxazole rings is 1. The van der Waals surface area contributed by atoms with E-state index in [2.05, 4.69) is 10.3 Å². The van der Waals surface area contributed by atoms with Crippen molar-refractivity contribution in [1.29, 1.82) is 0 Å². The number of nitrogens with two attached hydrogens (primary N) is 1. The maximum Gasteiger partial charge on any atom is 0.224 e. The van der Waals surface area contributed by atoms with Gasteiger partial charge in [-0.1, -0.05) is 18.6 Å². The largest absolute Gasteiger partial charge is 0.444 e. The first kappa shape index (κ1) is 13.8. The molecule has 5 nitrogen and oxygen atoms in total. The van der Waals surface area contributed by atoms with Crippen LogP contribution in [0.1, 0.15) is 25.7 Å². The smallest absolute Gasteiger partial charge is 0.224 e. The second-order valence-corrected chi connectivity index (χ2v) is 5.55. The third kappa shape index (κ3) is 3.31. The molecule has 0 saturated heterocycles. The molecular weight excluding hydrogens is 266 g/mol. The molecule has 110 valence electrons. The molecule has 2 aromatic rings. The molecule has 2 atom stereocenters. The zero-order valence-corrected chi connectivity index (χ0v) is 11.8. The van der Waals surface area contributed by atoms with Crippen LogP contribution in [0.3, 0.4) is 0 Å². The third-order valence-corrected chi connectivity index (χ3v) is 4.03. The molecule has 1 aliphatic rings. The number of amides is 1. The molecule has 0 aliphatic heterocycles. The van der Waals surface area contributed by atoms with Crippen molar-refractivity contribution in [2.24, 2.45) is 11.7 Å². The fourth-order valence-corrected chi connectivity index (χ4v) is 2.88. The number of hydrogen-bond acceptors (Lipinski definition) is 4. The van der Waals surface area contributed by atoms with Crippen LogP contribution in [-0.2, 0) is 4.79 Å². The molecular formula is C16H19N3O2. The van der Waals surface area contributed by atoms with E-state index >= 15 is 0 Å². The van der Waals surface area contributed by atoms with Crippen LogP contribution in [-0.4, -0.2) is 16.9 Å². The van der Waals surface area contributed by atoms with Gasteiger partial charge in [-0.25, -0.2) is 4.98 Å². The highest BCUT2D eigenvalue weighted by atomic mass is 16.3. The molecule has 0 bridgehead atoms. The molecule has 3 rings (SSSR count). The van der Waals surface area contributed by atoms with Crippen LogP contribution in [0.2, 0.25) is 0 Å². The molecule has 1 fully saturated rings. The Labute approximate surface area is 123 Å². The average Bonchev–Trinajstić information content (AvgIpc) is 3.12. The van der Waals surface area contributed by atoms with E-state index in [0.717, 1.165) is 30.5 Å². The number of benzene rings is 1. The van der Waals surface area contributed by atoms with Gasteiger partial charge in [0.15, 0.2) is 12.2 Å². The summed E-state index contributed by atoms with van der Waals surface area (Å²) in [6, 6.07) is 7.72. The lowest BCUT2D eigenvalue weighted by Gasteiger charge is -2.14. The first-order chi connectivity index (χ1) is 10.2. The second kappa shape index (κ2) is 6.10. The van der Waals surface area contributed by atoms with Crippen LogP contribution in [0.5, 0.6) is 0 Å². The fourth-order valence-electron chi connectivity index (χ4n) is 2.88. The Morgan fingerprint density at radius 2 is 2.33 bits per heavy atom. The van der Waals surface area contributed by atoms with Crippen LogP contribution >= 0.6 is 0 Å². The summed E-state index contributed by atoms with van der Waals surface area (Å²) in [6.45, 7) is 0. The summed E-state index contributed by atoms with van der Waals surface area (Å²) in [5.41, 5.74) is 7.67. The summed E-state index contributed by atoms with van der Waals surface area (Å²) < 4.78 is 5.26. The van der Waals surface area contributed by atoms with Crippen molar-refractivity contribution in [3.05, 3.63) is 36.9 Å². The lowest BCUT2D eigenvalue weighted by Crippen LogP contribution is -2.28. The second-order valence-electron chi connectivity index (χ2n) is 5.55. The summed E-state index contributed by atoms with van der Waals surface area (Å²) in [4.78, 5) is 16.0. The number of carbonyl (C=O) groups excluding carboxylic acids is 1. The average molecular weight is 285 g/mol. The van der Waals surface area contributed by atoms with E-state index in [1.165, 1.54) is 6.39 Å². The Bertz CT molecular complexity index is 610. The van der Waals surface area contributed by atoms with Crippen LogP contribution < -0.4 is 11.1 Å². The van der Waals surface area contributed by atoms with Gasteiger partial charge in [0.05, 0.1) is 6.20 Å². The van der Waals surface area contributed by atoms with Gasteiger partial charge in [0, 0.05) is 23.7 Å². The number of anilines is 1. The van der Waals surface area contributed by atoms with E-state index in [-0.39, 0.29) is 11.9 Å². The van der Waals surface area contributed by atoms with E-state index in [9.17, 15) is 4.79 Å². The zero-order chi connectivity index (χ0) is 14.7. The Morgan fingerprint density at radius 1 is 1.43 bits per heavy atom. The molecule has 1 aliphatic carbocycles. The maximum absolute atomic E-state index is 12.1. The van der Waals surface area contributed by atoms with Crippen LogP contribution in [0.15, 0.2) is 41.3 Å². The van der Waals surface area contributed by atoms with E-state index in [1.54, 1.807) is 6.20 Å². The molecule has 1 saturated carbocycles. The summed E-state index contributed by atoms with van der Waals surface area (Å²) in [5.74, 6) is 1.01. The normalized spacial score (nSPS) is 21.4. The third-order valence-electron chi connectivity index (χ3n) is 4.03. The van der Waals surface area contributed by atoms with Gasteiger partial charge in [-0.3, -0.25) is 4.79 Å². The highest BCUT2D eigenvalue weighted by Gasteiger charge is 2.26. The zero-order valence-electron chi connectivity index (χ0n) is 11.8. The molecule has 5 heteroatoms. The summed E-state index contributed by atoms with van der Waals surface area (Å²) in [5, 5.41) is 2.94. The number of carbonyl (C=O) groups is 1. The van der Waals surface area contributed by atoms with E-state index < -0.39 is 0 Å². The van der Waals surface area contributed by atoms with Crippen molar-refractivity contribution in [2.75, 3.05) is 5.32 Å².